The topological polar surface area (TPSA) is 49.4 Å². The Kier molecular flexibility index (Phi) is 5.30. The van der Waals surface area contributed by atoms with Crippen LogP contribution in [0.5, 0.6) is 0 Å². The second kappa shape index (κ2) is 7.20. The molecule has 1 saturated heterocycles. The van der Waals surface area contributed by atoms with Crippen LogP contribution in [0.25, 0.3) is 0 Å². The van der Waals surface area contributed by atoms with Crippen LogP contribution in [-0.2, 0) is 9.59 Å². The van der Waals surface area contributed by atoms with E-state index < -0.39 is 0 Å². The smallest absolute Gasteiger partial charge is 0.238 e. The van der Waals surface area contributed by atoms with Gasteiger partial charge in [-0.2, -0.15) is 0 Å². The minimum absolute atomic E-state index is 0.00773. The molecule has 20 heavy (non-hydrogen) atoms. The maximum absolute atomic E-state index is 12.1. The van der Waals surface area contributed by atoms with Crippen molar-refractivity contribution in [2.75, 3.05) is 18.4 Å². The number of Topliss-reactive ketones (excluding diaryl/α,β-unsaturated/α-hetero) is 1. The van der Waals surface area contributed by atoms with Crippen LogP contribution in [0.1, 0.15) is 32.6 Å². The standard InChI is InChI=1S/C16H22N2O2/c1-13(19)11-15-9-5-6-10-18(15)12-16(20)17-14-7-3-2-4-8-14/h2-4,7-8,15H,5-6,9-12H2,1H3,(H,17,20). The SMILES string of the molecule is CC(=O)CC1CCCCN1CC(=O)Nc1ccccc1. The van der Waals surface area contributed by atoms with Crippen LogP contribution in [0.2, 0.25) is 0 Å². The van der Waals surface area contributed by atoms with Gasteiger partial charge in [-0.1, -0.05) is 24.6 Å². The molecule has 0 radical (unpaired) electrons. The highest BCUT2D eigenvalue weighted by molar-refractivity contribution is 5.92. The minimum atomic E-state index is -0.00773. The molecule has 1 fully saturated rings. The van der Waals surface area contributed by atoms with Gasteiger partial charge >= 0.3 is 0 Å². The molecule has 1 heterocycles. The molecule has 1 aromatic carbocycles. The van der Waals surface area contributed by atoms with Crippen molar-refractivity contribution < 1.29 is 9.59 Å². The lowest BCUT2D eigenvalue weighted by molar-refractivity contribution is -0.121. The Morgan fingerprint density at radius 1 is 1.25 bits per heavy atom. The molecular formula is C16H22N2O2. The van der Waals surface area contributed by atoms with E-state index in [4.69, 9.17) is 0 Å². The number of nitrogens with one attached hydrogen (secondary N) is 1. The number of rotatable bonds is 5. The Morgan fingerprint density at radius 2 is 2.00 bits per heavy atom. The summed E-state index contributed by atoms with van der Waals surface area (Å²) >= 11 is 0. The fourth-order valence-corrected chi connectivity index (χ4v) is 2.74. The Bertz CT molecular complexity index is 459. The fourth-order valence-electron chi connectivity index (χ4n) is 2.74. The summed E-state index contributed by atoms with van der Waals surface area (Å²) < 4.78 is 0. The number of ketones is 1. The molecule has 0 spiro atoms. The highest BCUT2D eigenvalue weighted by atomic mass is 16.2. The van der Waals surface area contributed by atoms with Crippen molar-refractivity contribution in [3.8, 4) is 0 Å². The van der Waals surface area contributed by atoms with E-state index in [0.29, 0.717) is 13.0 Å². The lowest BCUT2D eigenvalue weighted by Crippen LogP contribution is -2.44. The maximum atomic E-state index is 12.1. The molecule has 4 nitrogen and oxygen atoms in total. The highest BCUT2D eigenvalue weighted by Gasteiger charge is 2.25. The predicted octanol–water partition coefficient (Wildman–Crippen LogP) is 2.46. The zero-order valence-electron chi connectivity index (χ0n) is 12.0. The molecule has 1 aliphatic rings. The molecule has 1 atom stereocenters. The molecule has 1 aromatic rings. The maximum Gasteiger partial charge on any atom is 0.238 e. The van der Waals surface area contributed by atoms with Crippen LogP contribution >= 0.6 is 0 Å². The first-order chi connectivity index (χ1) is 9.65. The number of piperidine rings is 1. The number of carbonyl (C=O) groups excluding carboxylic acids is 2. The zero-order valence-corrected chi connectivity index (χ0v) is 12.0. The predicted molar refractivity (Wildman–Crippen MR) is 79.6 cm³/mol. The van der Waals surface area contributed by atoms with Gasteiger partial charge in [-0.25, -0.2) is 0 Å². The first-order valence-electron chi connectivity index (χ1n) is 7.23. The number of likely N-dealkylation sites (tertiary alicyclic amines) is 1. The summed E-state index contributed by atoms with van der Waals surface area (Å²) in [6.07, 6.45) is 3.82. The summed E-state index contributed by atoms with van der Waals surface area (Å²) in [5.41, 5.74) is 0.817. The second-order valence-corrected chi connectivity index (χ2v) is 5.44. The molecule has 108 valence electrons. The quantitative estimate of drug-likeness (QED) is 0.897. The van der Waals surface area contributed by atoms with E-state index in [1.807, 2.05) is 30.3 Å². The van der Waals surface area contributed by atoms with E-state index in [1.165, 1.54) is 0 Å². The molecular weight excluding hydrogens is 252 g/mol. The van der Waals surface area contributed by atoms with Gasteiger partial charge < -0.3 is 5.32 Å². The summed E-state index contributed by atoms with van der Waals surface area (Å²) in [6.45, 7) is 2.89. The number of hydrogen-bond acceptors (Lipinski definition) is 3. The van der Waals surface area contributed by atoms with Gasteiger partial charge in [0.2, 0.25) is 5.91 Å². The number of amides is 1. The number of nitrogens with zero attached hydrogens (tertiary/aromatic N) is 1. The molecule has 2 rings (SSSR count). The van der Waals surface area contributed by atoms with Gasteiger partial charge in [-0.15, -0.1) is 0 Å². The molecule has 4 heteroatoms. The third-order valence-corrected chi connectivity index (χ3v) is 3.68. The van der Waals surface area contributed by atoms with Crippen molar-refractivity contribution in [1.29, 1.82) is 0 Å². The van der Waals surface area contributed by atoms with Crippen molar-refractivity contribution in [3.05, 3.63) is 30.3 Å². The van der Waals surface area contributed by atoms with Gasteiger partial charge in [-0.3, -0.25) is 14.5 Å². The van der Waals surface area contributed by atoms with Crippen molar-refractivity contribution >= 4 is 17.4 Å². The van der Waals surface area contributed by atoms with Crippen LogP contribution in [0, 0.1) is 0 Å². The first-order valence-corrected chi connectivity index (χ1v) is 7.23. The molecule has 0 bridgehead atoms. The lowest BCUT2D eigenvalue weighted by atomic mass is 9.98. The van der Waals surface area contributed by atoms with Crippen molar-refractivity contribution in [2.45, 2.75) is 38.6 Å². The van der Waals surface area contributed by atoms with Gasteiger partial charge in [0.1, 0.15) is 5.78 Å². The third-order valence-electron chi connectivity index (χ3n) is 3.68. The van der Waals surface area contributed by atoms with Gasteiger partial charge in [0.25, 0.3) is 0 Å². The Labute approximate surface area is 120 Å². The van der Waals surface area contributed by atoms with E-state index in [9.17, 15) is 9.59 Å². The summed E-state index contributed by atoms with van der Waals surface area (Å²) in [7, 11) is 0. The zero-order chi connectivity index (χ0) is 14.4. The molecule has 0 saturated carbocycles. The minimum Gasteiger partial charge on any atom is -0.325 e. The highest BCUT2D eigenvalue weighted by Crippen LogP contribution is 2.19. The molecule has 0 aromatic heterocycles. The van der Waals surface area contributed by atoms with Crippen molar-refractivity contribution in [3.63, 3.8) is 0 Å². The molecule has 1 aliphatic heterocycles. The van der Waals surface area contributed by atoms with Crippen LogP contribution in [0.15, 0.2) is 30.3 Å². The van der Waals surface area contributed by atoms with Crippen LogP contribution < -0.4 is 5.32 Å². The van der Waals surface area contributed by atoms with E-state index in [2.05, 4.69) is 10.2 Å². The van der Waals surface area contributed by atoms with Crippen LogP contribution in [0.4, 0.5) is 5.69 Å². The Hall–Kier alpha value is -1.68. The average molecular weight is 274 g/mol. The third kappa shape index (κ3) is 4.46. The van der Waals surface area contributed by atoms with Gasteiger partial charge in [0, 0.05) is 18.2 Å². The number of benzene rings is 1. The Balaban J connectivity index is 1.89. The van der Waals surface area contributed by atoms with E-state index >= 15 is 0 Å². The summed E-state index contributed by atoms with van der Waals surface area (Å²) in [4.78, 5) is 25.5. The monoisotopic (exact) mass is 274 g/mol. The number of para-hydroxylation sites is 1. The van der Waals surface area contributed by atoms with E-state index in [-0.39, 0.29) is 17.7 Å². The van der Waals surface area contributed by atoms with Crippen molar-refractivity contribution in [2.24, 2.45) is 0 Å². The Morgan fingerprint density at radius 3 is 2.70 bits per heavy atom. The first kappa shape index (κ1) is 14.7. The lowest BCUT2D eigenvalue weighted by Gasteiger charge is -2.34. The summed E-state index contributed by atoms with van der Waals surface area (Å²) in [6, 6.07) is 9.69. The summed E-state index contributed by atoms with van der Waals surface area (Å²) in [5.74, 6) is 0.192. The van der Waals surface area contributed by atoms with Crippen LogP contribution in [0.3, 0.4) is 0 Å². The molecule has 1 unspecified atom stereocenters. The number of anilines is 1. The molecule has 1 amide bonds. The van der Waals surface area contributed by atoms with Crippen LogP contribution in [-0.4, -0.2) is 35.7 Å². The van der Waals surface area contributed by atoms with Gasteiger partial charge in [0.05, 0.1) is 6.54 Å². The second-order valence-electron chi connectivity index (χ2n) is 5.44. The largest absolute Gasteiger partial charge is 0.325 e. The van der Waals surface area contributed by atoms with E-state index in [0.717, 1.165) is 31.5 Å². The normalized spacial score (nSPS) is 19.6. The number of hydrogen-bond donors (Lipinski definition) is 1. The van der Waals surface area contributed by atoms with Gasteiger partial charge in [-0.05, 0) is 38.4 Å². The number of carbonyl (C=O) groups is 2. The van der Waals surface area contributed by atoms with Gasteiger partial charge in [0.15, 0.2) is 0 Å². The fraction of sp³-hybridized carbons (Fsp3) is 0.500. The summed E-state index contributed by atoms with van der Waals surface area (Å²) in [5, 5.41) is 2.90. The molecule has 0 aliphatic carbocycles. The van der Waals surface area contributed by atoms with Crippen molar-refractivity contribution in [1.82, 2.24) is 4.90 Å². The molecule has 1 N–H and O–H groups in total. The average Bonchev–Trinajstić information content (AvgIpc) is 2.41. The van der Waals surface area contributed by atoms with E-state index in [1.54, 1.807) is 6.92 Å².